The van der Waals surface area contributed by atoms with Gasteiger partial charge in [0, 0.05) is 35.8 Å². The molecule has 0 radical (unpaired) electrons. The third-order valence-corrected chi connectivity index (χ3v) is 12.7. The van der Waals surface area contributed by atoms with Crippen LogP contribution in [0.2, 0.25) is 0 Å². The molecule has 1 aromatic heterocycles. The third kappa shape index (κ3) is 7.01. The van der Waals surface area contributed by atoms with Gasteiger partial charge in [-0.1, -0.05) is 18.6 Å². The molecule has 50 heavy (non-hydrogen) atoms. The number of aromatic nitrogens is 1. The predicted octanol–water partition coefficient (Wildman–Crippen LogP) is 2.69. The fourth-order valence-electron chi connectivity index (χ4n) is 7.05. The van der Waals surface area contributed by atoms with Gasteiger partial charge in [0.25, 0.3) is 11.8 Å². The van der Waals surface area contributed by atoms with Gasteiger partial charge in [-0.2, -0.15) is 0 Å². The summed E-state index contributed by atoms with van der Waals surface area (Å²) >= 11 is 0. The molecule has 3 heterocycles. The first kappa shape index (κ1) is 35.9. The Morgan fingerprint density at radius 1 is 1.16 bits per heavy atom. The fourth-order valence-corrected chi connectivity index (χ4v) is 8.36. The highest BCUT2D eigenvalue weighted by molar-refractivity contribution is 7.91. The van der Waals surface area contributed by atoms with Crippen molar-refractivity contribution in [2.75, 3.05) is 13.7 Å². The van der Waals surface area contributed by atoms with Gasteiger partial charge in [0.2, 0.25) is 21.8 Å². The minimum Gasteiger partial charge on any atom is -0.496 e. The number of hydrogen-bond acceptors (Lipinski definition) is 9. The van der Waals surface area contributed by atoms with E-state index in [9.17, 15) is 22.8 Å². The Labute approximate surface area is 293 Å². The van der Waals surface area contributed by atoms with E-state index in [0.717, 1.165) is 36.6 Å². The van der Waals surface area contributed by atoms with Crippen LogP contribution in [0.3, 0.4) is 0 Å². The van der Waals surface area contributed by atoms with Crippen molar-refractivity contribution in [3.05, 3.63) is 35.9 Å². The summed E-state index contributed by atoms with van der Waals surface area (Å²) in [5.41, 5.74) is 4.17. The van der Waals surface area contributed by atoms with Gasteiger partial charge >= 0.3 is 0 Å². The van der Waals surface area contributed by atoms with Gasteiger partial charge in [-0.25, -0.2) is 13.4 Å². The molecule has 272 valence electrons. The minimum atomic E-state index is -3.93. The van der Waals surface area contributed by atoms with E-state index in [0.29, 0.717) is 42.2 Å². The van der Waals surface area contributed by atoms with E-state index in [2.05, 4.69) is 15.8 Å². The highest BCUT2D eigenvalue weighted by Gasteiger charge is 2.63. The molecule has 3 amide bonds. The minimum absolute atomic E-state index is 0.123. The maximum absolute atomic E-state index is 14.2. The zero-order chi connectivity index (χ0) is 36.0. The number of quaternary nitrogens is 1. The van der Waals surface area contributed by atoms with Gasteiger partial charge in [-0.05, 0) is 78.4 Å². The number of aryl methyl sites for hydroxylation is 1. The molecule has 1 aromatic carbocycles. The summed E-state index contributed by atoms with van der Waals surface area (Å²) in [4.78, 5) is 48.1. The molecule has 1 saturated heterocycles. The molecule has 2 aromatic rings. The van der Waals surface area contributed by atoms with Crippen molar-refractivity contribution >= 4 is 38.6 Å². The van der Waals surface area contributed by atoms with Gasteiger partial charge in [-0.15, -0.1) is 0 Å². The van der Waals surface area contributed by atoms with Crippen molar-refractivity contribution in [1.29, 1.82) is 0 Å². The lowest BCUT2D eigenvalue weighted by Crippen LogP contribution is -2.69. The maximum atomic E-state index is 14.2. The number of hydrogen-bond donors (Lipinski definition) is 3. The van der Waals surface area contributed by atoms with E-state index in [-0.39, 0.29) is 37.3 Å². The molecule has 2 saturated carbocycles. The Balaban J connectivity index is 1.31. The summed E-state index contributed by atoms with van der Waals surface area (Å²) in [6, 6.07) is 3.89. The molecule has 13 nitrogen and oxygen atoms in total. The van der Waals surface area contributed by atoms with E-state index in [1.165, 1.54) is 4.90 Å². The number of fused-ring (bicyclic) bond motifs is 3. The number of ether oxygens (including phenoxy) is 3. The molecule has 14 heteroatoms. The number of benzene rings is 1. The lowest BCUT2D eigenvalue weighted by molar-refractivity contribution is -0.407. The van der Waals surface area contributed by atoms with Crippen LogP contribution in [-0.4, -0.2) is 84.3 Å². The highest BCUT2D eigenvalue weighted by atomic mass is 32.2. The van der Waals surface area contributed by atoms with Crippen molar-refractivity contribution in [2.45, 2.75) is 120 Å². The summed E-state index contributed by atoms with van der Waals surface area (Å²) in [7, 11) is -2.34. The van der Waals surface area contributed by atoms with Crippen LogP contribution in [0.5, 0.6) is 17.4 Å². The largest absolute Gasteiger partial charge is 0.496 e. The van der Waals surface area contributed by atoms with Crippen molar-refractivity contribution in [3.8, 4) is 17.4 Å². The van der Waals surface area contributed by atoms with Gasteiger partial charge < -0.3 is 30.2 Å². The number of carbonyl (C=O) groups is 3. The lowest BCUT2D eigenvalue weighted by atomic mass is 10.1. The molecule has 5 atom stereocenters. The van der Waals surface area contributed by atoms with E-state index >= 15 is 0 Å². The van der Waals surface area contributed by atoms with Crippen LogP contribution in [0.1, 0.15) is 84.1 Å². The summed E-state index contributed by atoms with van der Waals surface area (Å²) in [5, 5.41) is 3.65. The van der Waals surface area contributed by atoms with Gasteiger partial charge in [0.1, 0.15) is 29.2 Å². The number of methoxy groups -OCH3 is 1. The third-order valence-electron chi connectivity index (χ3n) is 10.6. The average molecular weight is 713 g/mol. The smallest absolute Gasteiger partial charge is 0.281 e. The van der Waals surface area contributed by atoms with Crippen LogP contribution < -0.4 is 30.0 Å². The first-order chi connectivity index (χ1) is 23.7. The zero-order valence-corrected chi connectivity index (χ0v) is 30.4. The zero-order valence-electron chi connectivity index (χ0n) is 29.6. The number of pyridine rings is 1. The van der Waals surface area contributed by atoms with Gasteiger partial charge in [0.15, 0.2) is 6.04 Å². The molecule has 2 aliphatic heterocycles. The fraction of sp³-hybridized carbons (Fsp3) is 0.611. The molecule has 2 aliphatic carbocycles. The number of sulfonamides is 1. The number of carbonyl (C=O) groups excluding carboxylic acids is 3. The van der Waals surface area contributed by atoms with Gasteiger partial charge in [-0.3, -0.25) is 19.1 Å². The van der Waals surface area contributed by atoms with Crippen LogP contribution in [0, 0.1) is 12.8 Å². The summed E-state index contributed by atoms with van der Waals surface area (Å²) in [6.07, 6.45) is 8.49. The molecule has 4 aliphatic rings. The number of nitrogens with one attached hydrogen (secondary N) is 2. The Morgan fingerprint density at radius 3 is 2.62 bits per heavy atom. The topological polar surface area (TPSA) is 181 Å². The molecule has 0 bridgehead atoms. The van der Waals surface area contributed by atoms with Crippen molar-refractivity contribution in [3.63, 3.8) is 0 Å². The van der Waals surface area contributed by atoms with E-state index in [1.807, 2.05) is 45.1 Å². The summed E-state index contributed by atoms with van der Waals surface area (Å²) < 4.78 is 45.5. The second kappa shape index (κ2) is 13.7. The highest BCUT2D eigenvalue weighted by Crippen LogP contribution is 2.47. The Bertz CT molecular complexity index is 1810. The van der Waals surface area contributed by atoms with E-state index in [4.69, 9.17) is 19.2 Å². The van der Waals surface area contributed by atoms with Crippen LogP contribution in [-0.2, 0) is 24.4 Å². The molecule has 1 unspecified atom stereocenters. The number of allylic oxidation sites excluding steroid dienone is 1. The van der Waals surface area contributed by atoms with E-state index < -0.39 is 50.3 Å². The lowest BCUT2D eigenvalue weighted by Gasteiger charge is -2.27. The van der Waals surface area contributed by atoms with Crippen LogP contribution >= 0.6 is 0 Å². The number of amides is 3. The monoisotopic (exact) mass is 712 g/mol. The SMILES string of the molecule is COc1ccc2c(O[C@@H]3C[C@H]4C(=O)N[C@]5(C(=O)NS(=O)(=O)C6(C)CC6)CC5/C=C\CCCCC[C@H]([NH3+])C(=O)N4C3)cc(OC(C)C)nc2c1C. The Kier molecular flexibility index (Phi) is 9.81. The van der Waals surface area contributed by atoms with Crippen LogP contribution in [0.15, 0.2) is 30.4 Å². The second-order valence-corrected chi connectivity index (χ2v) is 17.0. The number of rotatable bonds is 8. The van der Waals surface area contributed by atoms with Crippen LogP contribution in [0.4, 0.5) is 0 Å². The van der Waals surface area contributed by atoms with E-state index in [1.54, 1.807) is 20.1 Å². The molecule has 5 N–H and O–H groups in total. The van der Waals surface area contributed by atoms with Crippen LogP contribution in [0.25, 0.3) is 10.9 Å². The maximum Gasteiger partial charge on any atom is 0.281 e. The summed E-state index contributed by atoms with van der Waals surface area (Å²) in [5.74, 6) is -0.388. The van der Waals surface area contributed by atoms with Crippen molar-refractivity contribution in [2.24, 2.45) is 5.92 Å². The summed E-state index contributed by atoms with van der Waals surface area (Å²) in [6.45, 7) is 7.45. The van der Waals surface area contributed by atoms with Gasteiger partial charge in [0.05, 0.1) is 30.0 Å². The standard InChI is InChI=1S/C36H49N5O8S/c1-21(2)48-30-18-29(25-13-14-28(47-5)22(3)31(25)38-30)49-24-17-27-32(42)39-36(34(44)40-50(45,46)35(4)15-16-35)19-23(36)11-9-7-6-8-10-12-26(37)33(43)41(27)20-24/h9,11,13-14,18,21,23-24,26-27H,6-8,10,12,15-17,19-20,37H2,1-5H3,(H,39,42)(H,40,44)/p+1/b11-9-/t23?,24-,26+,27+,36-/m1/s1. The Hall–Kier alpha value is -3.91. The van der Waals surface area contributed by atoms with Crippen molar-refractivity contribution in [1.82, 2.24) is 19.9 Å². The normalized spacial score (nSPS) is 28.8. The molecule has 3 fully saturated rings. The predicted molar refractivity (Wildman–Crippen MR) is 186 cm³/mol. The molecular weight excluding hydrogens is 662 g/mol. The van der Waals surface area contributed by atoms with Crippen molar-refractivity contribution < 1.29 is 42.7 Å². The molecule has 6 rings (SSSR count). The molecule has 0 spiro atoms. The first-order valence-corrected chi connectivity index (χ1v) is 19.2. The second-order valence-electron chi connectivity index (χ2n) is 14.8. The average Bonchev–Trinajstić information content (AvgIpc) is 3.94. The first-order valence-electron chi connectivity index (χ1n) is 17.7. The quantitative estimate of drug-likeness (QED) is 0.347. The number of nitrogens with zero attached hydrogens (tertiary/aromatic N) is 2. The molecular formula is C36H50N5O8S+. The Morgan fingerprint density at radius 2 is 1.92 bits per heavy atom.